The van der Waals surface area contributed by atoms with Crippen LogP contribution in [-0.4, -0.2) is 46.3 Å². The maximum atomic E-state index is 11.9. The van der Waals surface area contributed by atoms with Crippen molar-refractivity contribution >= 4 is 11.6 Å². The number of hydrogen-bond donors (Lipinski definition) is 3. The maximum Gasteiger partial charge on any atom is 0.227 e. The Bertz CT molecular complexity index is 412. The van der Waals surface area contributed by atoms with Gasteiger partial charge in [0.1, 0.15) is 0 Å². The van der Waals surface area contributed by atoms with Gasteiger partial charge in [0, 0.05) is 18.8 Å². The van der Waals surface area contributed by atoms with Crippen molar-refractivity contribution in [2.24, 2.45) is 0 Å². The Morgan fingerprint density at radius 1 is 1.29 bits per heavy atom. The lowest BCUT2D eigenvalue weighted by molar-refractivity contribution is -0.129. The number of hydrogen-bond acceptors (Lipinski definition) is 4. The summed E-state index contributed by atoms with van der Waals surface area (Å²) in [7, 11) is 0. The number of benzene rings is 1. The number of aliphatic hydroxyl groups excluding tert-OH is 2. The molecule has 5 nitrogen and oxygen atoms in total. The van der Waals surface area contributed by atoms with Crippen LogP contribution < -0.4 is 5.73 Å². The summed E-state index contributed by atoms with van der Waals surface area (Å²) in [5.41, 5.74) is 7.11. The van der Waals surface area contributed by atoms with Gasteiger partial charge in [-0.25, -0.2) is 0 Å². The van der Waals surface area contributed by atoms with Gasteiger partial charge in [-0.15, -0.1) is 0 Å². The van der Waals surface area contributed by atoms with E-state index in [4.69, 9.17) is 5.73 Å². The van der Waals surface area contributed by atoms with Gasteiger partial charge in [-0.2, -0.15) is 0 Å². The smallest absolute Gasteiger partial charge is 0.227 e. The molecule has 1 heterocycles. The van der Waals surface area contributed by atoms with Gasteiger partial charge in [0.25, 0.3) is 0 Å². The summed E-state index contributed by atoms with van der Waals surface area (Å²) in [5, 5.41) is 18.7. The zero-order valence-electron chi connectivity index (χ0n) is 9.41. The molecule has 1 aliphatic heterocycles. The van der Waals surface area contributed by atoms with E-state index in [1.807, 2.05) is 12.1 Å². The van der Waals surface area contributed by atoms with E-state index in [9.17, 15) is 15.0 Å². The van der Waals surface area contributed by atoms with E-state index in [1.165, 1.54) is 4.90 Å². The predicted molar refractivity (Wildman–Crippen MR) is 63.2 cm³/mol. The predicted octanol–water partition coefficient (Wildman–Crippen LogP) is -0.625. The zero-order chi connectivity index (χ0) is 12.4. The van der Waals surface area contributed by atoms with E-state index in [0.29, 0.717) is 5.69 Å². The fraction of sp³-hybridized carbons (Fsp3) is 0.417. The molecule has 0 radical (unpaired) electrons. The summed E-state index contributed by atoms with van der Waals surface area (Å²) >= 11 is 0. The number of nitrogens with two attached hydrogens (primary N) is 1. The minimum absolute atomic E-state index is 0.126. The second-order valence-electron chi connectivity index (χ2n) is 4.31. The van der Waals surface area contributed by atoms with Crippen molar-refractivity contribution in [1.82, 2.24) is 4.90 Å². The number of para-hydroxylation sites is 1. The van der Waals surface area contributed by atoms with Crippen LogP contribution in [0.25, 0.3) is 0 Å². The molecule has 1 aromatic rings. The number of carbonyl (C=O) groups excluding carboxylic acids is 1. The molecule has 1 amide bonds. The third kappa shape index (κ3) is 2.57. The molecule has 4 N–H and O–H groups in total. The summed E-state index contributed by atoms with van der Waals surface area (Å²) < 4.78 is 0. The fourth-order valence-electron chi connectivity index (χ4n) is 1.94. The number of aliphatic hydroxyl groups is 2. The molecule has 17 heavy (non-hydrogen) atoms. The Kier molecular flexibility index (Phi) is 3.31. The minimum atomic E-state index is -0.841. The topological polar surface area (TPSA) is 86.8 Å². The first-order valence-corrected chi connectivity index (χ1v) is 5.55. The Morgan fingerprint density at radius 2 is 1.88 bits per heavy atom. The monoisotopic (exact) mass is 236 g/mol. The molecule has 0 aromatic heterocycles. The number of nitrogen functional groups attached to an aromatic ring is 1. The molecular formula is C12H16N2O3. The molecule has 92 valence electrons. The third-order valence-corrected chi connectivity index (χ3v) is 3.01. The molecule has 5 heteroatoms. The first-order chi connectivity index (χ1) is 8.08. The SMILES string of the molecule is Nc1ccccc1CC(=O)N1C[C@@H](O)[C@@H](O)C1. The molecule has 1 saturated heterocycles. The molecular weight excluding hydrogens is 220 g/mol. The van der Waals surface area contributed by atoms with Crippen molar-refractivity contribution in [3.8, 4) is 0 Å². The maximum absolute atomic E-state index is 11.9. The van der Waals surface area contributed by atoms with Crippen molar-refractivity contribution in [3.05, 3.63) is 29.8 Å². The van der Waals surface area contributed by atoms with Crippen LogP contribution >= 0.6 is 0 Å². The standard InChI is InChI=1S/C12H16N2O3/c13-9-4-2-1-3-8(9)5-12(17)14-6-10(15)11(16)7-14/h1-4,10-11,15-16H,5-7,13H2/t10-,11+. The molecule has 0 unspecified atom stereocenters. The Hall–Kier alpha value is -1.59. The average Bonchev–Trinajstić information content (AvgIpc) is 2.63. The molecule has 2 rings (SSSR count). The van der Waals surface area contributed by atoms with Crippen LogP contribution in [0.15, 0.2) is 24.3 Å². The van der Waals surface area contributed by atoms with Crippen molar-refractivity contribution in [2.75, 3.05) is 18.8 Å². The molecule has 0 spiro atoms. The van der Waals surface area contributed by atoms with Crippen molar-refractivity contribution in [2.45, 2.75) is 18.6 Å². The number of β-amino-alcohol motifs (C(OH)–C–C–N with tert-alkyl or cyclic N) is 2. The highest BCUT2D eigenvalue weighted by molar-refractivity contribution is 5.80. The van der Waals surface area contributed by atoms with E-state index >= 15 is 0 Å². The quantitative estimate of drug-likeness (QED) is 0.597. The number of likely N-dealkylation sites (tertiary alicyclic amines) is 1. The van der Waals surface area contributed by atoms with Gasteiger partial charge in [0.2, 0.25) is 5.91 Å². The van der Waals surface area contributed by atoms with E-state index in [1.54, 1.807) is 12.1 Å². The zero-order valence-corrected chi connectivity index (χ0v) is 9.41. The summed E-state index contributed by atoms with van der Waals surface area (Å²) in [4.78, 5) is 13.4. The number of carbonyl (C=O) groups is 1. The van der Waals surface area contributed by atoms with Crippen LogP contribution in [-0.2, 0) is 11.2 Å². The molecule has 1 aliphatic rings. The van der Waals surface area contributed by atoms with Crippen LogP contribution in [0.1, 0.15) is 5.56 Å². The van der Waals surface area contributed by atoms with Gasteiger partial charge < -0.3 is 20.8 Å². The molecule has 0 aliphatic carbocycles. The summed E-state index contributed by atoms with van der Waals surface area (Å²) in [6, 6.07) is 7.19. The van der Waals surface area contributed by atoms with Gasteiger partial charge in [-0.1, -0.05) is 18.2 Å². The van der Waals surface area contributed by atoms with Gasteiger partial charge in [-0.05, 0) is 11.6 Å². The van der Waals surface area contributed by atoms with E-state index in [-0.39, 0.29) is 25.4 Å². The fourth-order valence-corrected chi connectivity index (χ4v) is 1.94. The molecule has 0 saturated carbocycles. The number of anilines is 1. The van der Waals surface area contributed by atoms with Gasteiger partial charge >= 0.3 is 0 Å². The van der Waals surface area contributed by atoms with Crippen LogP contribution in [0.4, 0.5) is 5.69 Å². The minimum Gasteiger partial charge on any atom is -0.398 e. The first kappa shape index (κ1) is 11.9. The number of rotatable bonds is 2. The van der Waals surface area contributed by atoms with Crippen LogP contribution in [0.2, 0.25) is 0 Å². The van der Waals surface area contributed by atoms with E-state index in [2.05, 4.69) is 0 Å². The summed E-state index contributed by atoms with van der Waals surface area (Å²) in [5.74, 6) is -0.126. The highest BCUT2D eigenvalue weighted by Crippen LogP contribution is 2.15. The largest absolute Gasteiger partial charge is 0.398 e. The van der Waals surface area contributed by atoms with Gasteiger partial charge in [0.05, 0.1) is 18.6 Å². The van der Waals surface area contributed by atoms with Crippen molar-refractivity contribution in [1.29, 1.82) is 0 Å². The van der Waals surface area contributed by atoms with Crippen LogP contribution in [0.3, 0.4) is 0 Å². The lowest BCUT2D eigenvalue weighted by Crippen LogP contribution is -2.31. The van der Waals surface area contributed by atoms with E-state index in [0.717, 1.165) is 5.56 Å². The second-order valence-corrected chi connectivity index (χ2v) is 4.31. The van der Waals surface area contributed by atoms with Crippen LogP contribution in [0, 0.1) is 0 Å². The van der Waals surface area contributed by atoms with Gasteiger partial charge in [0.15, 0.2) is 0 Å². The molecule has 1 fully saturated rings. The lowest BCUT2D eigenvalue weighted by Gasteiger charge is -2.15. The summed E-state index contributed by atoms with van der Waals surface area (Å²) in [6.45, 7) is 0.374. The third-order valence-electron chi connectivity index (χ3n) is 3.01. The van der Waals surface area contributed by atoms with Crippen molar-refractivity contribution < 1.29 is 15.0 Å². The van der Waals surface area contributed by atoms with Crippen molar-refractivity contribution in [3.63, 3.8) is 0 Å². The summed E-state index contributed by atoms with van der Waals surface area (Å²) in [6.07, 6.45) is -1.48. The molecule has 0 bridgehead atoms. The average molecular weight is 236 g/mol. The highest BCUT2D eigenvalue weighted by Gasteiger charge is 2.32. The lowest BCUT2D eigenvalue weighted by atomic mass is 10.1. The Morgan fingerprint density at radius 3 is 2.47 bits per heavy atom. The van der Waals surface area contributed by atoms with Gasteiger partial charge in [-0.3, -0.25) is 4.79 Å². The Balaban J connectivity index is 2.01. The second kappa shape index (κ2) is 4.73. The first-order valence-electron chi connectivity index (χ1n) is 5.55. The number of amides is 1. The van der Waals surface area contributed by atoms with Crippen LogP contribution in [0.5, 0.6) is 0 Å². The number of nitrogens with zero attached hydrogens (tertiary/aromatic N) is 1. The normalized spacial score (nSPS) is 24.0. The Labute approximate surface area is 99.5 Å². The highest BCUT2D eigenvalue weighted by atomic mass is 16.3. The molecule has 1 aromatic carbocycles. The molecule has 2 atom stereocenters. The van der Waals surface area contributed by atoms with E-state index < -0.39 is 12.2 Å².